The van der Waals surface area contributed by atoms with Crippen LogP contribution in [0.4, 0.5) is 4.39 Å². The van der Waals surface area contributed by atoms with Crippen LogP contribution in [0, 0.1) is 5.82 Å². The monoisotopic (exact) mass is 299 g/mol. The van der Waals surface area contributed by atoms with E-state index in [1.807, 2.05) is 0 Å². The largest absolute Gasteiger partial charge is 0.352 e. The molecule has 0 aromatic carbocycles. The number of rotatable bonds is 5. The van der Waals surface area contributed by atoms with Crippen LogP contribution in [0.2, 0.25) is 5.15 Å². The predicted octanol–water partition coefficient (Wildman–Crippen LogP) is 2.48. The van der Waals surface area contributed by atoms with Crippen molar-refractivity contribution in [3.63, 3.8) is 0 Å². The van der Waals surface area contributed by atoms with Gasteiger partial charge in [-0.2, -0.15) is 0 Å². The molecule has 1 aliphatic rings. The van der Waals surface area contributed by atoms with Crippen molar-refractivity contribution in [1.82, 2.24) is 15.2 Å². The zero-order valence-corrected chi connectivity index (χ0v) is 12.1. The molecule has 1 saturated heterocycles. The molecule has 110 valence electrons. The summed E-state index contributed by atoms with van der Waals surface area (Å²) < 4.78 is 13.0. The van der Waals surface area contributed by atoms with Gasteiger partial charge < -0.3 is 10.2 Å². The van der Waals surface area contributed by atoms with Crippen molar-refractivity contribution in [3.05, 3.63) is 28.8 Å². The van der Waals surface area contributed by atoms with Crippen molar-refractivity contribution >= 4 is 17.5 Å². The molecule has 0 radical (unpaired) electrons. The molecule has 0 saturated carbocycles. The summed E-state index contributed by atoms with van der Waals surface area (Å²) in [4.78, 5) is 17.9. The molecule has 0 bridgehead atoms. The number of carbonyl (C=O) groups is 1. The number of hydrogen-bond acceptors (Lipinski definition) is 3. The SMILES string of the molecule is O=C(NCCCN1CCCCC1)c1cc(F)cnc1Cl. The number of amides is 1. The maximum Gasteiger partial charge on any atom is 0.254 e. The first kappa shape index (κ1) is 15.2. The fourth-order valence-corrected chi connectivity index (χ4v) is 2.55. The van der Waals surface area contributed by atoms with Gasteiger partial charge in [-0.25, -0.2) is 9.37 Å². The van der Waals surface area contributed by atoms with Gasteiger partial charge >= 0.3 is 0 Å². The molecular weight excluding hydrogens is 281 g/mol. The quantitative estimate of drug-likeness (QED) is 0.671. The zero-order chi connectivity index (χ0) is 14.4. The van der Waals surface area contributed by atoms with E-state index in [9.17, 15) is 9.18 Å². The third-order valence-corrected chi connectivity index (χ3v) is 3.74. The van der Waals surface area contributed by atoms with Crippen LogP contribution < -0.4 is 5.32 Å². The number of halogens is 2. The van der Waals surface area contributed by atoms with Crippen LogP contribution in [0.5, 0.6) is 0 Å². The number of carbonyl (C=O) groups excluding carboxylic acids is 1. The van der Waals surface area contributed by atoms with Gasteiger partial charge in [0.15, 0.2) is 0 Å². The molecule has 1 aromatic rings. The van der Waals surface area contributed by atoms with E-state index >= 15 is 0 Å². The zero-order valence-electron chi connectivity index (χ0n) is 11.4. The summed E-state index contributed by atoms with van der Waals surface area (Å²) in [5, 5.41) is 2.78. The summed E-state index contributed by atoms with van der Waals surface area (Å²) in [6.45, 7) is 3.83. The van der Waals surface area contributed by atoms with E-state index in [4.69, 9.17) is 11.6 Å². The Morgan fingerprint density at radius 3 is 2.90 bits per heavy atom. The third-order valence-electron chi connectivity index (χ3n) is 3.44. The lowest BCUT2D eigenvalue weighted by Gasteiger charge is -2.26. The first-order chi connectivity index (χ1) is 9.66. The van der Waals surface area contributed by atoms with Crippen LogP contribution in [-0.2, 0) is 0 Å². The summed E-state index contributed by atoms with van der Waals surface area (Å²) in [5.74, 6) is -0.937. The smallest absolute Gasteiger partial charge is 0.254 e. The van der Waals surface area contributed by atoms with Crippen LogP contribution >= 0.6 is 11.6 Å². The Labute approximate surface area is 123 Å². The molecule has 2 heterocycles. The average Bonchev–Trinajstić information content (AvgIpc) is 2.47. The molecule has 1 N–H and O–H groups in total. The molecule has 20 heavy (non-hydrogen) atoms. The number of nitrogens with one attached hydrogen (secondary N) is 1. The van der Waals surface area contributed by atoms with Crippen LogP contribution in [0.15, 0.2) is 12.3 Å². The number of hydrogen-bond donors (Lipinski definition) is 1. The summed E-state index contributed by atoms with van der Waals surface area (Å²) in [6.07, 6.45) is 5.72. The number of pyridine rings is 1. The Bertz CT molecular complexity index is 464. The lowest BCUT2D eigenvalue weighted by Crippen LogP contribution is -2.33. The molecule has 6 heteroatoms. The maximum atomic E-state index is 13.0. The molecular formula is C14H19ClFN3O. The van der Waals surface area contributed by atoms with Gasteiger partial charge in [-0.3, -0.25) is 4.79 Å². The number of likely N-dealkylation sites (tertiary alicyclic amines) is 1. The minimum atomic E-state index is -0.562. The number of nitrogens with zero attached hydrogens (tertiary/aromatic N) is 2. The van der Waals surface area contributed by atoms with Crippen LogP contribution in [0.1, 0.15) is 36.0 Å². The van der Waals surface area contributed by atoms with Crippen LogP contribution in [0.3, 0.4) is 0 Å². The Kier molecular flexibility index (Phi) is 5.73. The van der Waals surface area contributed by atoms with Crippen LogP contribution in [0.25, 0.3) is 0 Å². The van der Waals surface area contributed by atoms with Gasteiger partial charge in [0, 0.05) is 6.54 Å². The van der Waals surface area contributed by atoms with E-state index in [0.29, 0.717) is 6.54 Å². The summed E-state index contributed by atoms with van der Waals surface area (Å²) in [7, 11) is 0. The highest BCUT2D eigenvalue weighted by Crippen LogP contribution is 2.13. The lowest BCUT2D eigenvalue weighted by molar-refractivity contribution is 0.0950. The lowest BCUT2D eigenvalue weighted by atomic mass is 10.1. The minimum Gasteiger partial charge on any atom is -0.352 e. The Morgan fingerprint density at radius 2 is 2.15 bits per heavy atom. The second-order valence-electron chi connectivity index (χ2n) is 5.00. The summed E-state index contributed by atoms with van der Waals surface area (Å²) >= 11 is 5.78. The van der Waals surface area contributed by atoms with Crippen molar-refractivity contribution in [1.29, 1.82) is 0 Å². The first-order valence-corrected chi connectivity index (χ1v) is 7.36. The molecule has 4 nitrogen and oxygen atoms in total. The Hall–Kier alpha value is -1.20. The van der Waals surface area contributed by atoms with Gasteiger partial charge in [0.2, 0.25) is 0 Å². The number of aromatic nitrogens is 1. The molecule has 0 atom stereocenters. The van der Waals surface area contributed by atoms with Gasteiger partial charge in [0.25, 0.3) is 5.91 Å². The molecule has 0 aliphatic carbocycles. The van der Waals surface area contributed by atoms with Crippen molar-refractivity contribution in [2.75, 3.05) is 26.2 Å². The van der Waals surface area contributed by atoms with Gasteiger partial charge in [0.1, 0.15) is 11.0 Å². The van der Waals surface area contributed by atoms with Crippen molar-refractivity contribution in [2.45, 2.75) is 25.7 Å². The van der Waals surface area contributed by atoms with E-state index in [0.717, 1.165) is 38.3 Å². The first-order valence-electron chi connectivity index (χ1n) is 6.98. The summed E-state index contributed by atoms with van der Waals surface area (Å²) in [6, 6.07) is 1.11. The van der Waals surface area contributed by atoms with Gasteiger partial charge in [-0.15, -0.1) is 0 Å². The molecule has 0 spiro atoms. The third kappa shape index (κ3) is 4.42. The molecule has 2 rings (SSSR count). The van der Waals surface area contributed by atoms with E-state index < -0.39 is 5.82 Å². The highest BCUT2D eigenvalue weighted by molar-refractivity contribution is 6.32. The van der Waals surface area contributed by atoms with Crippen molar-refractivity contribution in [3.8, 4) is 0 Å². The second kappa shape index (κ2) is 7.55. The maximum absolute atomic E-state index is 13.0. The normalized spacial score (nSPS) is 16.1. The second-order valence-corrected chi connectivity index (χ2v) is 5.36. The van der Waals surface area contributed by atoms with Gasteiger partial charge in [-0.1, -0.05) is 18.0 Å². The molecule has 1 aromatic heterocycles. The van der Waals surface area contributed by atoms with Gasteiger partial charge in [-0.05, 0) is 45.0 Å². The topological polar surface area (TPSA) is 45.2 Å². The van der Waals surface area contributed by atoms with E-state index in [-0.39, 0.29) is 16.6 Å². The molecule has 1 aliphatic heterocycles. The molecule has 1 amide bonds. The fraction of sp³-hybridized carbons (Fsp3) is 0.571. The molecule has 0 unspecified atom stereocenters. The highest BCUT2D eigenvalue weighted by Gasteiger charge is 2.13. The van der Waals surface area contributed by atoms with E-state index in [1.165, 1.54) is 19.3 Å². The number of piperidine rings is 1. The van der Waals surface area contributed by atoms with Crippen LogP contribution in [-0.4, -0.2) is 42.0 Å². The summed E-state index contributed by atoms with van der Waals surface area (Å²) in [5.41, 5.74) is 0.0876. The predicted molar refractivity (Wildman–Crippen MR) is 76.4 cm³/mol. The van der Waals surface area contributed by atoms with E-state index in [1.54, 1.807) is 0 Å². The molecule has 1 fully saturated rings. The minimum absolute atomic E-state index is 0.0277. The average molecular weight is 300 g/mol. The van der Waals surface area contributed by atoms with Crippen molar-refractivity contribution in [2.24, 2.45) is 0 Å². The standard InChI is InChI=1S/C14H19ClFN3O/c15-13-12(9-11(16)10-18-13)14(20)17-5-4-8-19-6-2-1-3-7-19/h9-10H,1-8H2,(H,17,20). The Balaban J connectivity index is 1.73. The Morgan fingerprint density at radius 1 is 1.40 bits per heavy atom. The van der Waals surface area contributed by atoms with Crippen molar-refractivity contribution < 1.29 is 9.18 Å². The van der Waals surface area contributed by atoms with Gasteiger partial charge in [0.05, 0.1) is 11.8 Å². The highest BCUT2D eigenvalue weighted by atomic mass is 35.5. The fourth-order valence-electron chi connectivity index (χ4n) is 2.36. The van der Waals surface area contributed by atoms with E-state index in [2.05, 4.69) is 15.2 Å².